The largest absolute Gasteiger partial charge is 0.421 e. The summed E-state index contributed by atoms with van der Waals surface area (Å²) in [5.74, 6) is -0.190. The fraction of sp³-hybridized carbons (Fsp3) is 0.500. The van der Waals surface area contributed by atoms with Gasteiger partial charge >= 0.3 is 6.18 Å². The number of nitrogens with one attached hydrogen (secondary N) is 2. The van der Waals surface area contributed by atoms with Crippen LogP contribution in [-0.2, 0) is 6.18 Å². The van der Waals surface area contributed by atoms with E-state index >= 15 is 0 Å². The summed E-state index contributed by atoms with van der Waals surface area (Å²) in [6.07, 6.45) is -1.82. The van der Waals surface area contributed by atoms with Crippen LogP contribution in [0.3, 0.4) is 0 Å². The molecule has 1 saturated carbocycles. The maximum Gasteiger partial charge on any atom is 0.421 e. The number of allylic oxidation sites excluding steroid dienone is 1. The number of anilines is 2. The van der Waals surface area contributed by atoms with E-state index in [-0.39, 0.29) is 23.1 Å². The number of hydrogen-bond acceptors (Lipinski definition) is 7. The highest BCUT2D eigenvalue weighted by atomic mass is 19.4. The third kappa shape index (κ3) is 4.22. The van der Waals surface area contributed by atoms with Crippen molar-refractivity contribution in [3.05, 3.63) is 23.7 Å². The Labute approximate surface area is 149 Å². The van der Waals surface area contributed by atoms with E-state index < -0.39 is 11.7 Å². The number of halogens is 3. The Morgan fingerprint density at radius 3 is 2.77 bits per heavy atom. The van der Waals surface area contributed by atoms with Gasteiger partial charge in [0.1, 0.15) is 11.4 Å². The molecule has 26 heavy (non-hydrogen) atoms. The first-order valence-corrected chi connectivity index (χ1v) is 7.88. The van der Waals surface area contributed by atoms with Crippen LogP contribution in [0.15, 0.2) is 23.1 Å². The predicted octanol–water partition coefficient (Wildman–Crippen LogP) is 2.76. The number of nitrogens with two attached hydrogens (primary N) is 1. The SMILES string of the molecule is CNc1nc(N/C(=C/N)C(C)=NC[C@H]2C[C@@]2(C)C#N)ncc1C(F)(F)F. The second-order valence-corrected chi connectivity index (χ2v) is 6.27. The summed E-state index contributed by atoms with van der Waals surface area (Å²) < 4.78 is 38.7. The molecule has 1 heterocycles. The minimum Gasteiger partial charge on any atom is -0.403 e. The molecular weight excluding hydrogens is 347 g/mol. The van der Waals surface area contributed by atoms with Crippen LogP contribution < -0.4 is 16.4 Å². The molecule has 0 aliphatic heterocycles. The van der Waals surface area contributed by atoms with Crippen LogP contribution in [0.25, 0.3) is 0 Å². The number of alkyl halides is 3. The van der Waals surface area contributed by atoms with E-state index in [1.54, 1.807) is 6.92 Å². The topological polar surface area (TPSA) is 112 Å². The van der Waals surface area contributed by atoms with Gasteiger partial charge in [-0.1, -0.05) is 0 Å². The summed E-state index contributed by atoms with van der Waals surface area (Å²) in [7, 11) is 1.34. The average molecular weight is 367 g/mol. The standard InChI is InChI=1S/C16H20F3N7/c1-9(23-6-10-4-15(10,2)8-21)12(5-20)25-14-24-7-11(16(17,18)19)13(22-3)26-14/h5,7,10H,4,6,20H2,1-3H3,(H2,22,24,25,26)/b12-5+,23-9?/t10-,15+/m1/s1. The fourth-order valence-corrected chi connectivity index (χ4v) is 2.40. The monoisotopic (exact) mass is 367 g/mol. The maximum atomic E-state index is 12.9. The zero-order valence-corrected chi connectivity index (χ0v) is 14.6. The highest BCUT2D eigenvalue weighted by Crippen LogP contribution is 2.51. The van der Waals surface area contributed by atoms with E-state index in [1.165, 1.54) is 13.2 Å². The molecular formula is C16H20F3N7. The van der Waals surface area contributed by atoms with E-state index in [0.29, 0.717) is 24.2 Å². The minimum atomic E-state index is -4.56. The third-order valence-electron chi connectivity index (χ3n) is 4.35. The van der Waals surface area contributed by atoms with Crippen molar-refractivity contribution in [3.63, 3.8) is 0 Å². The van der Waals surface area contributed by atoms with E-state index in [4.69, 9.17) is 11.0 Å². The van der Waals surface area contributed by atoms with Crippen molar-refractivity contribution in [1.29, 1.82) is 5.26 Å². The van der Waals surface area contributed by atoms with Gasteiger partial charge in [-0.15, -0.1) is 0 Å². The summed E-state index contributed by atoms with van der Waals surface area (Å²) in [4.78, 5) is 11.9. The molecule has 0 radical (unpaired) electrons. The summed E-state index contributed by atoms with van der Waals surface area (Å²) in [6, 6.07) is 2.26. The van der Waals surface area contributed by atoms with Gasteiger partial charge in [-0.3, -0.25) is 4.99 Å². The van der Waals surface area contributed by atoms with Gasteiger partial charge in [-0.2, -0.15) is 23.4 Å². The molecule has 0 saturated heterocycles. The molecule has 4 N–H and O–H groups in total. The smallest absolute Gasteiger partial charge is 0.403 e. The first-order chi connectivity index (χ1) is 12.1. The Balaban J connectivity index is 2.12. The van der Waals surface area contributed by atoms with Crippen LogP contribution in [0.5, 0.6) is 0 Å². The van der Waals surface area contributed by atoms with Gasteiger partial charge in [0, 0.05) is 26.0 Å². The molecule has 2 atom stereocenters. The lowest BCUT2D eigenvalue weighted by Crippen LogP contribution is -2.16. The molecule has 1 fully saturated rings. The molecule has 1 aliphatic rings. The number of aromatic nitrogens is 2. The van der Waals surface area contributed by atoms with Gasteiger partial charge in [0.05, 0.1) is 22.9 Å². The number of rotatable bonds is 6. The zero-order valence-electron chi connectivity index (χ0n) is 14.6. The van der Waals surface area contributed by atoms with Crippen molar-refractivity contribution in [1.82, 2.24) is 9.97 Å². The molecule has 0 amide bonds. The molecule has 7 nitrogen and oxygen atoms in total. The molecule has 1 aromatic heterocycles. The predicted molar refractivity (Wildman–Crippen MR) is 92.3 cm³/mol. The van der Waals surface area contributed by atoms with Crippen molar-refractivity contribution in [3.8, 4) is 6.07 Å². The maximum absolute atomic E-state index is 12.9. The molecule has 0 bridgehead atoms. The van der Waals surface area contributed by atoms with Gasteiger partial charge in [0.15, 0.2) is 0 Å². The average Bonchev–Trinajstić information content (AvgIpc) is 3.27. The molecule has 1 aliphatic carbocycles. The van der Waals surface area contributed by atoms with Crippen LogP contribution in [0, 0.1) is 22.7 Å². The minimum absolute atomic E-state index is 0.0399. The second-order valence-electron chi connectivity index (χ2n) is 6.27. The molecule has 2 rings (SSSR count). The molecule has 10 heteroatoms. The number of nitriles is 1. The lowest BCUT2D eigenvalue weighted by Gasteiger charge is -2.14. The van der Waals surface area contributed by atoms with Crippen LogP contribution in [0.4, 0.5) is 24.9 Å². The number of hydrogen-bond donors (Lipinski definition) is 3. The summed E-state index contributed by atoms with van der Waals surface area (Å²) >= 11 is 0. The van der Waals surface area contributed by atoms with Crippen LogP contribution in [0.2, 0.25) is 0 Å². The van der Waals surface area contributed by atoms with Gasteiger partial charge in [-0.25, -0.2) is 4.98 Å². The van der Waals surface area contributed by atoms with Crippen LogP contribution in [0.1, 0.15) is 25.8 Å². The van der Waals surface area contributed by atoms with Crippen LogP contribution >= 0.6 is 0 Å². The summed E-state index contributed by atoms with van der Waals surface area (Å²) in [5.41, 5.74) is 5.22. The zero-order chi connectivity index (χ0) is 19.5. The second kappa shape index (κ2) is 7.19. The van der Waals surface area contributed by atoms with Crippen molar-refractivity contribution >= 4 is 17.5 Å². The highest BCUT2D eigenvalue weighted by molar-refractivity contribution is 6.00. The van der Waals surface area contributed by atoms with Crippen LogP contribution in [-0.4, -0.2) is 29.3 Å². The quantitative estimate of drug-likeness (QED) is 0.667. The Kier molecular flexibility index (Phi) is 5.39. The van der Waals surface area contributed by atoms with Gasteiger partial charge in [-0.05, 0) is 26.2 Å². The molecule has 0 unspecified atom stereocenters. The molecule has 1 aromatic rings. The van der Waals surface area contributed by atoms with Gasteiger partial charge < -0.3 is 16.4 Å². The lowest BCUT2D eigenvalue weighted by atomic mass is 10.1. The van der Waals surface area contributed by atoms with E-state index in [9.17, 15) is 13.2 Å². The molecule has 0 spiro atoms. The fourth-order valence-electron chi connectivity index (χ4n) is 2.40. The van der Waals surface area contributed by atoms with Gasteiger partial charge in [0.25, 0.3) is 0 Å². The Morgan fingerprint density at radius 2 is 2.27 bits per heavy atom. The van der Waals surface area contributed by atoms with Crippen molar-refractivity contribution in [2.75, 3.05) is 24.2 Å². The number of nitrogens with zero attached hydrogens (tertiary/aromatic N) is 4. The van der Waals surface area contributed by atoms with E-state index in [0.717, 1.165) is 6.42 Å². The van der Waals surface area contributed by atoms with E-state index in [2.05, 4.69) is 31.7 Å². The molecule has 0 aromatic carbocycles. The first kappa shape index (κ1) is 19.5. The lowest BCUT2D eigenvalue weighted by molar-refractivity contribution is -0.137. The van der Waals surface area contributed by atoms with Crippen molar-refractivity contribution in [2.45, 2.75) is 26.4 Å². The van der Waals surface area contributed by atoms with E-state index in [1.807, 2.05) is 6.92 Å². The molecule has 140 valence electrons. The van der Waals surface area contributed by atoms with Gasteiger partial charge in [0.2, 0.25) is 5.95 Å². The number of aliphatic imine (C=N–C) groups is 1. The Bertz CT molecular complexity index is 779. The third-order valence-corrected chi connectivity index (χ3v) is 4.35. The Hall–Kier alpha value is -2.83. The van der Waals surface area contributed by atoms with Crippen molar-refractivity contribution < 1.29 is 13.2 Å². The van der Waals surface area contributed by atoms with Crippen molar-refractivity contribution in [2.24, 2.45) is 22.1 Å². The first-order valence-electron chi connectivity index (χ1n) is 7.88. The normalized spacial score (nSPS) is 23.3. The summed E-state index contributed by atoms with van der Waals surface area (Å²) in [5, 5.41) is 14.2. The highest BCUT2D eigenvalue weighted by Gasteiger charge is 2.50. The Morgan fingerprint density at radius 1 is 1.58 bits per heavy atom. The summed E-state index contributed by atoms with van der Waals surface area (Å²) in [6.45, 7) is 4.07.